The van der Waals surface area contributed by atoms with Crippen LogP contribution in [-0.2, 0) is 16.8 Å². The summed E-state index contributed by atoms with van der Waals surface area (Å²) in [4.78, 5) is 51.2. The molecule has 3 aromatic heterocycles. The van der Waals surface area contributed by atoms with E-state index in [1.165, 1.54) is 4.90 Å². The first-order valence-corrected chi connectivity index (χ1v) is 16.3. The molecule has 1 aliphatic heterocycles. The molecule has 2 saturated carbocycles. The Bertz CT molecular complexity index is 2130. The lowest BCUT2D eigenvalue weighted by molar-refractivity contribution is -0.117. The average molecular weight is 641 g/mol. The van der Waals surface area contributed by atoms with Crippen molar-refractivity contribution in [3.05, 3.63) is 101 Å². The Hall–Kier alpha value is -5.58. The van der Waals surface area contributed by atoms with Gasteiger partial charge in [0.2, 0.25) is 5.91 Å². The summed E-state index contributed by atoms with van der Waals surface area (Å²) < 4.78 is 1.67. The van der Waals surface area contributed by atoms with E-state index in [1.807, 2.05) is 47.4 Å². The number of anilines is 3. The van der Waals surface area contributed by atoms with Crippen LogP contribution in [0.3, 0.4) is 0 Å². The number of imidazole rings is 1. The van der Waals surface area contributed by atoms with Crippen LogP contribution < -0.4 is 10.6 Å². The SMILES string of the molecule is Cc1c(Nc2cc(NC(=O)C3CC3)nn3ccnc23)cccc1-c1ccc2c(c1)C1(CC1)CN(Cc1cccc(C(=O)N(C)C)n1)C2=O. The normalized spacial score (nSPS) is 16.1. The van der Waals surface area contributed by atoms with Gasteiger partial charge in [-0.05, 0) is 85.2 Å². The van der Waals surface area contributed by atoms with Gasteiger partial charge in [0.15, 0.2) is 11.5 Å². The fourth-order valence-corrected chi connectivity index (χ4v) is 6.72. The smallest absolute Gasteiger partial charge is 0.271 e. The number of nitrogens with one attached hydrogen (secondary N) is 2. The fraction of sp³-hybridized carbons (Fsp3) is 0.297. The van der Waals surface area contributed by atoms with Gasteiger partial charge in [-0.1, -0.05) is 24.3 Å². The summed E-state index contributed by atoms with van der Waals surface area (Å²) in [5, 5.41) is 11.0. The van der Waals surface area contributed by atoms with E-state index in [9.17, 15) is 14.4 Å². The van der Waals surface area contributed by atoms with Gasteiger partial charge in [-0.2, -0.15) is 0 Å². The van der Waals surface area contributed by atoms with Crippen molar-refractivity contribution in [1.29, 1.82) is 0 Å². The molecule has 4 heterocycles. The number of carbonyl (C=O) groups excluding carboxylic acids is 3. The first-order chi connectivity index (χ1) is 23.2. The molecule has 2 aliphatic carbocycles. The van der Waals surface area contributed by atoms with E-state index in [2.05, 4.69) is 44.8 Å². The predicted molar refractivity (Wildman–Crippen MR) is 182 cm³/mol. The lowest BCUT2D eigenvalue weighted by Gasteiger charge is -2.35. The van der Waals surface area contributed by atoms with Crippen molar-refractivity contribution < 1.29 is 14.4 Å². The maximum absolute atomic E-state index is 13.8. The molecule has 2 aromatic carbocycles. The minimum Gasteiger partial charge on any atom is -0.352 e. The summed E-state index contributed by atoms with van der Waals surface area (Å²) in [6.45, 7) is 3.06. The molecule has 0 unspecified atom stereocenters. The highest BCUT2D eigenvalue weighted by molar-refractivity contribution is 5.99. The number of amides is 3. The van der Waals surface area contributed by atoms with Crippen LogP contribution in [-0.4, -0.2) is 67.7 Å². The fourth-order valence-electron chi connectivity index (χ4n) is 6.72. The van der Waals surface area contributed by atoms with Crippen molar-refractivity contribution in [2.75, 3.05) is 31.3 Å². The second-order valence-corrected chi connectivity index (χ2v) is 13.4. The molecular weight excluding hydrogens is 604 g/mol. The van der Waals surface area contributed by atoms with Crippen LogP contribution in [0.15, 0.2) is 73.1 Å². The van der Waals surface area contributed by atoms with Crippen molar-refractivity contribution >= 4 is 40.6 Å². The quantitative estimate of drug-likeness (QED) is 0.227. The molecule has 5 aromatic rings. The lowest BCUT2D eigenvalue weighted by Crippen LogP contribution is -2.43. The van der Waals surface area contributed by atoms with Crippen molar-refractivity contribution in [3.8, 4) is 11.1 Å². The van der Waals surface area contributed by atoms with Gasteiger partial charge in [0.05, 0.1) is 17.9 Å². The highest BCUT2D eigenvalue weighted by atomic mass is 16.2. The molecule has 0 radical (unpaired) electrons. The van der Waals surface area contributed by atoms with Gasteiger partial charge in [0.25, 0.3) is 11.8 Å². The summed E-state index contributed by atoms with van der Waals surface area (Å²) in [6.07, 6.45) is 7.31. The number of aromatic nitrogens is 4. The molecule has 0 atom stereocenters. The summed E-state index contributed by atoms with van der Waals surface area (Å²) in [6, 6.07) is 19.6. The summed E-state index contributed by atoms with van der Waals surface area (Å²) in [5.41, 5.74) is 8.30. The molecule has 2 fully saturated rings. The second kappa shape index (κ2) is 11.3. The van der Waals surface area contributed by atoms with Gasteiger partial charge in [-0.15, -0.1) is 5.10 Å². The van der Waals surface area contributed by atoms with Crippen LogP contribution in [0.2, 0.25) is 0 Å². The molecule has 2 N–H and O–H groups in total. The largest absolute Gasteiger partial charge is 0.352 e. The third-order valence-electron chi connectivity index (χ3n) is 9.71. The Morgan fingerprint density at radius 1 is 1.00 bits per heavy atom. The lowest BCUT2D eigenvalue weighted by atomic mass is 9.83. The van der Waals surface area contributed by atoms with Crippen LogP contribution in [0.5, 0.6) is 0 Å². The molecule has 8 rings (SSSR count). The van der Waals surface area contributed by atoms with E-state index in [0.29, 0.717) is 35.9 Å². The Morgan fingerprint density at radius 2 is 1.81 bits per heavy atom. The summed E-state index contributed by atoms with van der Waals surface area (Å²) >= 11 is 0. The van der Waals surface area contributed by atoms with Crippen molar-refractivity contribution in [3.63, 3.8) is 0 Å². The first-order valence-electron chi connectivity index (χ1n) is 16.3. The molecule has 1 spiro atoms. The molecule has 3 amide bonds. The Morgan fingerprint density at radius 3 is 2.58 bits per heavy atom. The van der Waals surface area contributed by atoms with Gasteiger partial charge in [-0.25, -0.2) is 14.5 Å². The average Bonchev–Trinajstić information content (AvgIpc) is 4.02. The van der Waals surface area contributed by atoms with Crippen LogP contribution in [0, 0.1) is 12.8 Å². The second-order valence-electron chi connectivity index (χ2n) is 13.4. The van der Waals surface area contributed by atoms with Gasteiger partial charge < -0.3 is 20.4 Å². The van der Waals surface area contributed by atoms with Crippen LogP contribution in [0.1, 0.15) is 63.4 Å². The molecule has 0 saturated heterocycles. The Balaban J connectivity index is 1.07. The maximum Gasteiger partial charge on any atom is 0.271 e. The monoisotopic (exact) mass is 640 g/mol. The Kier molecular flexibility index (Phi) is 7.01. The van der Waals surface area contributed by atoms with E-state index in [0.717, 1.165) is 64.9 Å². The van der Waals surface area contributed by atoms with E-state index in [4.69, 9.17) is 0 Å². The molecule has 48 heavy (non-hydrogen) atoms. The van der Waals surface area contributed by atoms with Crippen LogP contribution in [0.4, 0.5) is 17.2 Å². The summed E-state index contributed by atoms with van der Waals surface area (Å²) in [7, 11) is 3.41. The molecule has 11 nitrogen and oxygen atoms in total. The zero-order valence-electron chi connectivity index (χ0n) is 27.2. The topological polar surface area (TPSA) is 125 Å². The highest BCUT2D eigenvalue weighted by Gasteiger charge is 2.51. The number of fused-ring (bicyclic) bond motifs is 3. The molecule has 0 bridgehead atoms. The Labute approximate surface area is 278 Å². The summed E-state index contributed by atoms with van der Waals surface area (Å²) in [5.74, 6) is 0.363. The van der Waals surface area contributed by atoms with Crippen molar-refractivity contribution in [1.82, 2.24) is 29.4 Å². The van der Waals surface area contributed by atoms with Crippen molar-refractivity contribution in [2.24, 2.45) is 5.92 Å². The van der Waals surface area contributed by atoms with Crippen LogP contribution in [0.25, 0.3) is 16.8 Å². The number of hydrogen-bond donors (Lipinski definition) is 2. The number of carbonyl (C=O) groups is 3. The zero-order chi connectivity index (χ0) is 33.2. The molecule has 242 valence electrons. The van der Waals surface area contributed by atoms with Gasteiger partial charge in [0.1, 0.15) is 5.69 Å². The zero-order valence-corrected chi connectivity index (χ0v) is 27.2. The minimum atomic E-state index is -0.161. The molecule has 3 aliphatic rings. The van der Waals surface area contributed by atoms with Gasteiger partial charge >= 0.3 is 0 Å². The van der Waals surface area contributed by atoms with Crippen LogP contribution >= 0.6 is 0 Å². The third kappa shape index (κ3) is 5.34. The number of pyridine rings is 1. The number of benzene rings is 2. The van der Waals surface area contributed by atoms with E-state index >= 15 is 0 Å². The van der Waals surface area contributed by atoms with Gasteiger partial charge in [-0.3, -0.25) is 14.4 Å². The highest BCUT2D eigenvalue weighted by Crippen LogP contribution is 2.53. The van der Waals surface area contributed by atoms with Gasteiger partial charge in [0, 0.05) is 61.7 Å². The number of nitrogens with zero attached hydrogens (tertiary/aromatic N) is 6. The standard InChI is InChI=1S/C37H36N8O3/c1-22-26(7-5-8-29(22)40-31-19-32(41-34(46)23-10-11-23)42-45-17-16-38-33(31)45)24-12-13-27-28(18-24)37(14-15-37)21-44(35(27)47)20-25-6-4-9-30(39-25)36(48)43(2)3/h4-9,12-13,16-19,23,40H,10-11,14-15,20-21H2,1-3H3,(H,41,42,46). The maximum atomic E-state index is 13.8. The first kappa shape index (κ1) is 29.8. The third-order valence-corrected chi connectivity index (χ3v) is 9.71. The van der Waals surface area contributed by atoms with E-state index < -0.39 is 0 Å². The van der Waals surface area contributed by atoms with Crippen molar-refractivity contribution in [2.45, 2.75) is 44.6 Å². The number of hydrogen-bond acceptors (Lipinski definition) is 7. The minimum absolute atomic E-state index is 0.00379. The van der Waals surface area contributed by atoms with E-state index in [-0.39, 0.29) is 29.1 Å². The predicted octanol–water partition coefficient (Wildman–Crippen LogP) is 5.58. The molecule has 11 heteroatoms. The number of rotatable bonds is 8. The van der Waals surface area contributed by atoms with E-state index in [1.54, 1.807) is 37.1 Å². The molecular formula is C37H36N8O3.